The number of primary amides is 1. The number of hydrogen-bond donors (Lipinski definition) is 18. The SMILES string of the molecule is CN[C@H](CC(C)C)C(=O)N[C@H]1C(=O)N[C@@H](CC(N)=O)C(=O)N[C@H]2C(=O)N[C@H]3C(=O)N[C@H](C(=O)N[C@H](C(=O)O)c4cc(O)cc(O)c4-c4cc3ccc4O)[C@H](O)c3ccc(c(Cl)c3)Oc3cc2cc(c3O[C@@H]2OC(CO)C(O)[C@H](O)[C@H]2O)Oc2ccc(cc2Cl)[C@H]1O. The molecule has 6 heterocycles. The number of aliphatic carboxylic acids is 1. The van der Waals surface area contributed by atoms with Crippen LogP contribution in [0.25, 0.3) is 11.1 Å². The van der Waals surface area contributed by atoms with E-state index in [0.29, 0.717) is 0 Å². The second-order valence-corrected chi connectivity index (χ2v) is 23.0. The van der Waals surface area contributed by atoms with E-state index in [1.807, 2.05) is 13.8 Å². The number of fused-ring (bicyclic) bond motifs is 15. The number of carboxylic acid groups (broad SMARTS) is 1. The Hall–Kier alpha value is -9.08. The Kier molecular flexibility index (Phi) is 19.8. The van der Waals surface area contributed by atoms with Gasteiger partial charge in [0.2, 0.25) is 53.4 Å². The number of halogens is 2. The van der Waals surface area contributed by atoms with Crippen molar-refractivity contribution in [3.05, 3.63) is 117 Å². The van der Waals surface area contributed by atoms with E-state index in [1.165, 1.54) is 19.2 Å². The first-order valence-corrected chi connectivity index (χ1v) is 28.7. The van der Waals surface area contributed by atoms with Crippen molar-refractivity contribution in [1.29, 1.82) is 0 Å². The molecule has 0 aliphatic carbocycles. The highest BCUT2D eigenvalue weighted by Crippen LogP contribution is 2.49. The number of carboxylic acids is 1. The molecule has 6 aliphatic heterocycles. The number of phenols is 3. The monoisotopic (exact) mass is 1300 g/mol. The topological polar surface area (TPSA) is 486 Å². The summed E-state index contributed by atoms with van der Waals surface area (Å²) in [5.74, 6) is -15.8. The maximum atomic E-state index is 15.8. The minimum Gasteiger partial charge on any atom is -0.508 e. The summed E-state index contributed by atoms with van der Waals surface area (Å²) in [7, 11) is 1.47. The van der Waals surface area contributed by atoms with Gasteiger partial charge in [0.25, 0.3) is 0 Å². The van der Waals surface area contributed by atoms with Gasteiger partial charge in [0, 0.05) is 22.8 Å². The Balaban J connectivity index is 1.32. The molecule has 30 nitrogen and oxygen atoms in total. The normalized spacial score (nSPS) is 26.2. The van der Waals surface area contributed by atoms with Crippen molar-refractivity contribution in [2.45, 2.75) is 112 Å². The maximum Gasteiger partial charge on any atom is 0.330 e. The predicted octanol–water partition coefficient (Wildman–Crippen LogP) is -0.131. The Morgan fingerprint density at radius 1 is 0.659 bits per heavy atom. The summed E-state index contributed by atoms with van der Waals surface area (Å²) in [4.78, 5) is 115. The summed E-state index contributed by atoms with van der Waals surface area (Å²) in [5, 5.41) is 128. The third-order valence-electron chi connectivity index (χ3n) is 15.4. The lowest BCUT2D eigenvalue weighted by Gasteiger charge is -2.39. The average molecular weight is 1310 g/mol. The van der Waals surface area contributed by atoms with Gasteiger partial charge in [0.1, 0.15) is 95.6 Å². The summed E-state index contributed by atoms with van der Waals surface area (Å²) in [6.07, 6.45) is -14.9. The molecule has 32 heteroatoms. The van der Waals surface area contributed by atoms with E-state index in [1.54, 1.807) is 0 Å². The van der Waals surface area contributed by atoms with Gasteiger partial charge in [-0.2, -0.15) is 0 Å². The van der Waals surface area contributed by atoms with Gasteiger partial charge in [0.05, 0.1) is 29.1 Å². The van der Waals surface area contributed by atoms with Crippen LogP contribution in [0.5, 0.6) is 46.0 Å². The van der Waals surface area contributed by atoms with E-state index in [9.17, 15) is 75.0 Å². The standard InChI is InChI=1S/C59H62Cl2N8O22/c1-20(2)10-30(63-3)52(80)68-44-46(75)22-5-8-34(28(60)12-22)88-36-14-24-15-37(51(36)91-59-50(79)49(78)48(77)38(19-70)90-59)89-35-9-6-23(13-29(35)61)47(76)45-57(85)67-43(58(86)87)27-16-25(71)17-33(73)40(27)26-11-21(4-7-32(26)72)41(54(82)69-45)66-55(83)42(24)65-53(81)31(18-39(62)74)64-56(44)84/h4-9,11-17,20,30-31,38,41-50,59,63,70-73,75-79H,10,18-19H2,1-3H3,(H2,62,74)(H,64,84)(H,65,81)(H,66,83)(H,67,85)(H,68,80)(H,69,82)(H,86,87)/t30-,31+,38?,41-,42-,43+,44-,45+,46-,47-,48?,49+,50-,59+/m1/s1. The van der Waals surface area contributed by atoms with Crippen molar-refractivity contribution >= 4 is 70.5 Å². The van der Waals surface area contributed by atoms with Crippen molar-refractivity contribution in [3.63, 3.8) is 0 Å². The fraction of sp³-hybridized carbons (Fsp3) is 0.356. The number of carbonyl (C=O) groups excluding carboxylic acids is 7. The molecule has 0 spiro atoms. The lowest BCUT2D eigenvalue weighted by atomic mass is 9.89. The second-order valence-electron chi connectivity index (χ2n) is 22.2. The third kappa shape index (κ3) is 14.0. The summed E-state index contributed by atoms with van der Waals surface area (Å²) in [5.41, 5.74) is 2.90. The molecule has 1 saturated heterocycles. The van der Waals surface area contributed by atoms with Crippen molar-refractivity contribution in [2.24, 2.45) is 11.7 Å². The zero-order chi connectivity index (χ0) is 66.2. The van der Waals surface area contributed by atoms with Crippen molar-refractivity contribution < 1.29 is 108 Å². The lowest BCUT2D eigenvalue weighted by Crippen LogP contribution is -2.60. The fourth-order valence-electron chi connectivity index (χ4n) is 10.7. The minimum absolute atomic E-state index is 0.0825. The summed E-state index contributed by atoms with van der Waals surface area (Å²) >= 11 is 13.8. The number of aliphatic hydroxyl groups excluding tert-OH is 6. The smallest absolute Gasteiger partial charge is 0.330 e. The second kappa shape index (κ2) is 27.2. The third-order valence-corrected chi connectivity index (χ3v) is 16.0. The molecule has 0 saturated carbocycles. The van der Waals surface area contributed by atoms with Crippen LogP contribution in [-0.2, 0) is 43.1 Å². The molecule has 11 bridgehead atoms. The number of carbonyl (C=O) groups is 8. The van der Waals surface area contributed by atoms with Gasteiger partial charge in [-0.05, 0) is 96.2 Å². The van der Waals surface area contributed by atoms with Crippen LogP contribution in [0.4, 0.5) is 0 Å². The lowest BCUT2D eigenvalue weighted by molar-refractivity contribution is -0.277. The van der Waals surface area contributed by atoms with E-state index < -0.39 is 207 Å². The van der Waals surface area contributed by atoms with E-state index in [4.69, 9.17) is 47.9 Å². The Bertz CT molecular complexity index is 3730. The van der Waals surface area contributed by atoms with E-state index in [-0.39, 0.29) is 45.6 Å². The van der Waals surface area contributed by atoms with Crippen LogP contribution in [0.3, 0.4) is 0 Å². The molecule has 0 aromatic heterocycles. The molecule has 6 aliphatic rings. The average Bonchev–Trinajstić information content (AvgIpc) is 0.790. The molecule has 14 atom stereocenters. The van der Waals surface area contributed by atoms with Crippen LogP contribution in [0.1, 0.15) is 84.8 Å². The van der Waals surface area contributed by atoms with Gasteiger partial charge in [-0.3, -0.25) is 33.6 Å². The van der Waals surface area contributed by atoms with E-state index in [2.05, 4.69) is 37.2 Å². The molecule has 0 radical (unpaired) electrons. The van der Waals surface area contributed by atoms with Crippen LogP contribution >= 0.6 is 23.2 Å². The van der Waals surface area contributed by atoms with Gasteiger partial charge < -0.3 is 113 Å². The molecule has 1 fully saturated rings. The zero-order valence-electron chi connectivity index (χ0n) is 48.0. The Morgan fingerprint density at radius 2 is 1.25 bits per heavy atom. The molecule has 5 aromatic carbocycles. The van der Waals surface area contributed by atoms with Crippen LogP contribution in [-0.4, -0.2) is 167 Å². The van der Waals surface area contributed by atoms with E-state index >= 15 is 14.4 Å². The predicted molar refractivity (Wildman–Crippen MR) is 313 cm³/mol. The number of hydrogen-bond acceptors (Lipinski definition) is 22. The minimum atomic E-state index is -2.31. The highest BCUT2D eigenvalue weighted by Gasteiger charge is 2.47. The summed E-state index contributed by atoms with van der Waals surface area (Å²) < 4.78 is 24.8. The number of nitrogens with one attached hydrogen (secondary N) is 7. The number of benzene rings is 5. The number of amides is 7. The van der Waals surface area contributed by atoms with E-state index in [0.717, 1.165) is 66.7 Å². The van der Waals surface area contributed by atoms with Crippen molar-refractivity contribution in [2.75, 3.05) is 13.7 Å². The first kappa shape index (κ1) is 66.3. The van der Waals surface area contributed by atoms with Crippen LogP contribution in [0, 0.1) is 5.92 Å². The van der Waals surface area contributed by atoms with Crippen LogP contribution in [0.15, 0.2) is 78.9 Å². The van der Waals surface area contributed by atoms with Gasteiger partial charge in [-0.1, -0.05) is 55.2 Å². The largest absolute Gasteiger partial charge is 0.508 e. The van der Waals surface area contributed by atoms with Crippen molar-refractivity contribution in [1.82, 2.24) is 37.2 Å². The number of nitrogens with two attached hydrogens (primary N) is 1. The van der Waals surface area contributed by atoms with Gasteiger partial charge in [0.15, 0.2) is 17.5 Å². The molecule has 484 valence electrons. The van der Waals surface area contributed by atoms with Gasteiger partial charge in [-0.15, -0.1) is 0 Å². The zero-order valence-corrected chi connectivity index (χ0v) is 49.5. The number of phenolic OH excluding ortho intramolecular Hbond substituents is 3. The first-order chi connectivity index (χ1) is 43.1. The number of rotatable bonds is 11. The molecule has 2 unspecified atom stereocenters. The van der Waals surface area contributed by atoms with Gasteiger partial charge in [-0.25, -0.2) is 4.79 Å². The quantitative estimate of drug-likeness (QED) is 0.0819. The molecule has 19 N–H and O–H groups in total. The molecule has 11 rings (SSSR count). The van der Waals surface area contributed by atoms with Crippen LogP contribution < -0.4 is 57.2 Å². The molecule has 5 aromatic rings. The Labute approximate surface area is 525 Å². The first-order valence-electron chi connectivity index (χ1n) is 27.9. The molecule has 91 heavy (non-hydrogen) atoms. The number of ether oxygens (including phenoxy) is 4. The molecular formula is C59H62Cl2N8O22. The van der Waals surface area contributed by atoms with Gasteiger partial charge >= 0.3 is 5.97 Å². The number of aromatic hydroxyl groups is 3. The number of aliphatic hydroxyl groups is 6. The number of likely N-dealkylation sites (N-methyl/N-ethyl adjacent to an activating group) is 1. The molecule has 7 amide bonds. The Morgan fingerprint density at radius 3 is 1.84 bits per heavy atom. The van der Waals surface area contributed by atoms with Crippen LogP contribution in [0.2, 0.25) is 10.0 Å². The van der Waals surface area contributed by atoms with Crippen molar-refractivity contribution in [3.8, 4) is 57.1 Å². The summed E-state index contributed by atoms with van der Waals surface area (Å²) in [6, 6.07) is -0.613. The maximum absolute atomic E-state index is 15.8. The fourth-order valence-corrected chi connectivity index (χ4v) is 11.2. The summed E-state index contributed by atoms with van der Waals surface area (Å²) in [6.45, 7) is 2.69. The highest BCUT2D eigenvalue weighted by molar-refractivity contribution is 6.32. The molecular weight excluding hydrogens is 1240 g/mol. The highest BCUT2D eigenvalue weighted by atomic mass is 35.5.